The van der Waals surface area contributed by atoms with Crippen molar-refractivity contribution < 1.29 is 22.8 Å². The highest BCUT2D eigenvalue weighted by atomic mass is 32.1. The second kappa shape index (κ2) is 8.67. The fraction of sp³-hybridized carbons (Fsp3) is 0.350. The van der Waals surface area contributed by atoms with E-state index in [4.69, 9.17) is 0 Å². The van der Waals surface area contributed by atoms with Crippen LogP contribution in [-0.4, -0.2) is 45.2 Å². The number of benzene rings is 1. The van der Waals surface area contributed by atoms with Crippen LogP contribution in [0.5, 0.6) is 0 Å². The highest BCUT2D eigenvalue weighted by molar-refractivity contribution is 7.15. The first-order valence-electron chi connectivity index (χ1n) is 9.66. The molecule has 0 bridgehead atoms. The van der Waals surface area contributed by atoms with Crippen molar-refractivity contribution in [1.29, 1.82) is 0 Å². The lowest BCUT2D eigenvalue weighted by Crippen LogP contribution is -2.56. The number of rotatable bonds is 6. The van der Waals surface area contributed by atoms with Crippen LogP contribution in [0.4, 0.5) is 13.2 Å². The quantitative estimate of drug-likeness (QED) is 0.604. The molecule has 4 rings (SSSR count). The number of nitrogens with zero attached hydrogens (tertiary/aromatic N) is 3. The summed E-state index contributed by atoms with van der Waals surface area (Å²) < 4.78 is 41.8. The molecule has 1 saturated heterocycles. The van der Waals surface area contributed by atoms with Crippen molar-refractivity contribution in [2.75, 3.05) is 13.1 Å². The van der Waals surface area contributed by atoms with Gasteiger partial charge in [-0.05, 0) is 11.6 Å². The molecule has 1 aromatic carbocycles. The number of halogens is 3. The molecule has 3 aromatic rings. The molecule has 7 nitrogen and oxygen atoms in total. The molecule has 2 amide bonds. The maximum atomic E-state index is 13.3. The number of carbonyl (C=O) groups excluding carboxylic acids is 2. The van der Waals surface area contributed by atoms with Crippen molar-refractivity contribution in [2.45, 2.75) is 31.7 Å². The van der Waals surface area contributed by atoms with Gasteiger partial charge in [0.2, 0.25) is 11.8 Å². The fourth-order valence-corrected chi connectivity index (χ4v) is 4.34. The van der Waals surface area contributed by atoms with Crippen LogP contribution in [0.1, 0.15) is 23.2 Å². The topological polar surface area (TPSA) is 78.7 Å². The fourth-order valence-electron chi connectivity index (χ4n) is 3.62. The van der Waals surface area contributed by atoms with Crippen molar-refractivity contribution in [3.8, 4) is 0 Å². The van der Waals surface area contributed by atoms with Crippen molar-refractivity contribution in [3.05, 3.63) is 58.9 Å². The van der Waals surface area contributed by atoms with Gasteiger partial charge in [-0.25, -0.2) is 4.98 Å². The molecule has 0 radical (unpaired) electrons. The number of aromatic nitrogens is 2. The largest absolute Gasteiger partial charge is 0.416 e. The van der Waals surface area contributed by atoms with Gasteiger partial charge in [-0.3, -0.25) is 18.9 Å². The number of nitrogens with one attached hydrogen (secondary N) is 2. The van der Waals surface area contributed by atoms with Crippen LogP contribution in [-0.2, 0) is 28.9 Å². The Labute approximate surface area is 179 Å². The Balaban J connectivity index is 1.42. The molecule has 31 heavy (non-hydrogen) atoms. The Morgan fingerprint density at radius 2 is 2.13 bits per heavy atom. The summed E-state index contributed by atoms with van der Waals surface area (Å²) in [6.07, 6.45) is -0.969. The highest BCUT2D eigenvalue weighted by Gasteiger charge is 2.36. The van der Waals surface area contributed by atoms with E-state index in [1.165, 1.54) is 29.5 Å². The third kappa shape index (κ3) is 4.88. The molecular weight excluding hydrogens is 431 g/mol. The molecule has 2 N–H and O–H groups in total. The van der Waals surface area contributed by atoms with Crippen LogP contribution in [0.15, 0.2) is 42.0 Å². The molecule has 1 atom stereocenters. The Morgan fingerprint density at radius 3 is 2.90 bits per heavy atom. The van der Waals surface area contributed by atoms with Crippen molar-refractivity contribution >= 4 is 28.1 Å². The molecule has 0 spiro atoms. The van der Waals surface area contributed by atoms with Gasteiger partial charge >= 0.3 is 6.18 Å². The van der Waals surface area contributed by atoms with E-state index in [2.05, 4.69) is 15.6 Å². The van der Waals surface area contributed by atoms with Gasteiger partial charge in [0, 0.05) is 37.4 Å². The zero-order chi connectivity index (χ0) is 22.0. The SMILES string of the molecule is O=C(CC1C(=O)NCCN1Cc1ccccc1C(F)(F)F)NCc1cn2ccsc2n1. The van der Waals surface area contributed by atoms with E-state index in [0.29, 0.717) is 18.8 Å². The smallest absolute Gasteiger partial charge is 0.353 e. The number of imidazole rings is 1. The van der Waals surface area contributed by atoms with Crippen LogP contribution in [0.25, 0.3) is 4.96 Å². The summed E-state index contributed by atoms with van der Waals surface area (Å²) in [7, 11) is 0. The van der Waals surface area contributed by atoms with E-state index in [1.807, 2.05) is 16.0 Å². The Hall–Kier alpha value is -2.92. The monoisotopic (exact) mass is 451 g/mol. The van der Waals surface area contributed by atoms with E-state index < -0.39 is 17.8 Å². The van der Waals surface area contributed by atoms with Crippen molar-refractivity contribution in [2.24, 2.45) is 0 Å². The summed E-state index contributed by atoms with van der Waals surface area (Å²) in [4.78, 5) is 31.7. The van der Waals surface area contributed by atoms with E-state index >= 15 is 0 Å². The molecule has 0 saturated carbocycles. The number of hydrogen-bond donors (Lipinski definition) is 2. The molecule has 2 aromatic heterocycles. The van der Waals surface area contributed by atoms with Gasteiger partial charge in [0.15, 0.2) is 4.96 Å². The third-order valence-electron chi connectivity index (χ3n) is 5.13. The van der Waals surface area contributed by atoms with Gasteiger partial charge in [0.1, 0.15) is 0 Å². The first-order valence-corrected chi connectivity index (χ1v) is 10.5. The maximum Gasteiger partial charge on any atom is 0.416 e. The Bertz CT molecular complexity index is 1070. The molecule has 11 heteroatoms. The van der Waals surface area contributed by atoms with Gasteiger partial charge in [-0.2, -0.15) is 13.2 Å². The summed E-state index contributed by atoms with van der Waals surface area (Å²) in [5.74, 6) is -0.735. The Kier molecular flexibility index (Phi) is 5.96. The van der Waals surface area contributed by atoms with E-state index in [1.54, 1.807) is 11.1 Å². The average molecular weight is 451 g/mol. The van der Waals surface area contributed by atoms with Gasteiger partial charge in [-0.15, -0.1) is 11.3 Å². The summed E-state index contributed by atoms with van der Waals surface area (Å²) in [6, 6.07) is 4.44. The van der Waals surface area contributed by atoms with Crippen LogP contribution in [0.3, 0.4) is 0 Å². The molecule has 3 heterocycles. The number of alkyl halides is 3. The van der Waals surface area contributed by atoms with E-state index in [-0.39, 0.29) is 36.9 Å². The molecule has 1 unspecified atom stereocenters. The Morgan fingerprint density at radius 1 is 1.32 bits per heavy atom. The zero-order valence-electron chi connectivity index (χ0n) is 16.4. The highest BCUT2D eigenvalue weighted by Crippen LogP contribution is 2.32. The zero-order valence-corrected chi connectivity index (χ0v) is 17.2. The second-order valence-corrected chi connectivity index (χ2v) is 8.11. The number of fused-ring (bicyclic) bond motifs is 1. The predicted molar refractivity (Wildman–Crippen MR) is 108 cm³/mol. The molecule has 1 fully saturated rings. The summed E-state index contributed by atoms with van der Waals surface area (Å²) in [5.41, 5.74) is 0.0291. The average Bonchev–Trinajstić information content (AvgIpc) is 3.30. The minimum atomic E-state index is -4.49. The van der Waals surface area contributed by atoms with Gasteiger partial charge in [0.05, 0.1) is 30.3 Å². The lowest BCUT2D eigenvalue weighted by molar-refractivity contribution is -0.139. The first-order chi connectivity index (χ1) is 14.8. The lowest BCUT2D eigenvalue weighted by Gasteiger charge is -2.35. The minimum Gasteiger partial charge on any atom is -0.353 e. The molecule has 0 aliphatic carbocycles. The summed E-state index contributed by atoms with van der Waals surface area (Å²) >= 11 is 1.47. The normalized spacial score (nSPS) is 17.6. The molecule has 1 aliphatic heterocycles. The number of carbonyl (C=O) groups is 2. The van der Waals surface area contributed by atoms with Crippen molar-refractivity contribution in [1.82, 2.24) is 24.9 Å². The number of piperazine rings is 1. The summed E-state index contributed by atoms with van der Waals surface area (Å²) in [6.45, 7) is 0.806. The summed E-state index contributed by atoms with van der Waals surface area (Å²) in [5, 5.41) is 7.33. The molecule has 164 valence electrons. The number of amides is 2. The third-order valence-corrected chi connectivity index (χ3v) is 5.90. The second-order valence-electron chi connectivity index (χ2n) is 7.24. The molecular formula is C20H20F3N5O2S. The van der Waals surface area contributed by atoms with Crippen LogP contribution < -0.4 is 10.6 Å². The van der Waals surface area contributed by atoms with Crippen LogP contribution in [0, 0.1) is 0 Å². The van der Waals surface area contributed by atoms with Crippen LogP contribution in [0.2, 0.25) is 0 Å². The predicted octanol–water partition coefficient (Wildman–Crippen LogP) is 2.42. The van der Waals surface area contributed by atoms with Crippen molar-refractivity contribution in [3.63, 3.8) is 0 Å². The number of hydrogen-bond acceptors (Lipinski definition) is 5. The van der Waals surface area contributed by atoms with E-state index in [0.717, 1.165) is 11.0 Å². The van der Waals surface area contributed by atoms with Crippen LogP contribution >= 0.6 is 11.3 Å². The standard InChI is InChI=1S/C20H20F3N5O2S/c21-20(22,23)15-4-2-1-3-13(15)11-27-6-5-24-18(30)16(27)9-17(29)25-10-14-12-28-7-8-31-19(28)26-14/h1-4,7-8,12,16H,5-6,9-11H2,(H,24,30)(H,25,29). The van der Waals surface area contributed by atoms with Gasteiger partial charge < -0.3 is 10.6 Å². The number of thiazole rings is 1. The molecule has 1 aliphatic rings. The lowest BCUT2D eigenvalue weighted by atomic mass is 10.0. The maximum absolute atomic E-state index is 13.3. The van der Waals surface area contributed by atoms with Gasteiger partial charge in [-0.1, -0.05) is 18.2 Å². The van der Waals surface area contributed by atoms with Gasteiger partial charge in [0.25, 0.3) is 0 Å². The van der Waals surface area contributed by atoms with E-state index in [9.17, 15) is 22.8 Å². The first kappa shape index (κ1) is 21.3. The minimum absolute atomic E-state index is 0.0711.